The molecule has 12 nitrogen and oxygen atoms in total. The molecule has 0 fully saturated rings. The van der Waals surface area contributed by atoms with Crippen LogP contribution in [-0.4, -0.2) is 45.7 Å². The van der Waals surface area contributed by atoms with E-state index in [0.717, 1.165) is 0 Å². The maximum atomic E-state index is 12.3. The molecular formula is C19H16N6O6. The van der Waals surface area contributed by atoms with E-state index in [1.165, 1.54) is 24.3 Å². The second-order valence-corrected chi connectivity index (χ2v) is 6.34. The number of aromatic nitrogens is 3. The van der Waals surface area contributed by atoms with Crippen LogP contribution in [0.2, 0.25) is 0 Å². The third kappa shape index (κ3) is 4.42. The van der Waals surface area contributed by atoms with Crippen molar-refractivity contribution in [2.24, 2.45) is 5.10 Å². The Morgan fingerprint density at radius 3 is 2.94 bits per heavy atom. The highest BCUT2D eigenvalue weighted by Gasteiger charge is 2.16. The molecule has 1 amide bonds. The van der Waals surface area contributed by atoms with Gasteiger partial charge >= 0.3 is 5.95 Å². The van der Waals surface area contributed by atoms with Gasteiger partial charge in [0.1, 0.15) is 5.75 Å². The zero-order valence-electron chi connectivity index (χ0n) is 16.2. The van der Waals surface area contributed by atoms with E-state index in [4.69, 9.17) is 14.2 Å². The molecule has 4 rings (SSSR count). The topological polar surface area (TPSA) is 143 Å². The zero-order valence-corrected chi connectivity index (χ0v) is 16.2. The van der Waals surface area contributed by atoms with Gasteiger partial charge in [-0.2, -0.15) is 9.78 Å². The summed E-state index contributed by atoms with van der Waals surface area (Å²) in [5, 5.41) is 18.5. The van der Waals surface area contributed by atoms with Gasteiger partial charge in [0, 0.05) is 16.2 Å². The lowest BCUT2D eigenvalue weighted by Crippen LogP contribution is -2.17. The number of nitro groups is 1. The van der Waals surface area contributed by atoms with Crippen molar-refractivity contribution in [3.05, 3.63) is 69.5 Å². The largest absolute Gasteiger partial charge is 0.496 e. The van der Waals surface area contributed by atoms with Crippen molar-refractivity contribution in [3.63, 3.8) is 0 Å². The molecule has 0 saturated carbocycles. The summed E-state index contributed by atoms with van der Waals surface area (Å²) in [6, 6.07) is 10.1. The number of nitrogens with zero attached hydrogens (tertiary/aromatic N) is 5. The molecule has 0 unspecified atom stereocenters. The molecule has 1 N–H and O–H groups in total. The number of fused-ring (bicyclic) bond motifs is 1. The van der Waals surface area contributed by atoms with Crippen LogP contribution < -0.4 is 19.6 Å². The Morgan fingerprint density at radius 1 is 1.32 bits per heavy atom. The fourth-order valence-corrected chi connectivity index (χ4v) is 2.89. The Kier molecular flexibility index (Phi) is 5.43. The highest BCUT2D eigenvalue weighted by molar-refractivity contribution is 5.95. The van der Waals surface area contributed by atoms with Gasteiger partial charge in [-0.3, -0.25) is 4.79 Å². The molecule has 0 saturated heterocycles. The van der Waals surface area contributed by atoms with Crippen molar-refractivity contribution < 1.29 is 23.9 Å². The second kappa shape index (κ2) is 8.49. The fourth-order valence-electron chi connectivity index (χ4n) is 2.89. The van der Waals surface area contributed by atoms with Crippen LogP contribution in [0.5, 0.6) is 17.2 Å². The quantitative estimate of drug-likeness (QED) is 0.343. The van der Waals surface area contributed by atoms with Gasteiger partial charge in [0.05, 0.1) is 19.9 Å². The number of nitrogens with one attached hydrogen (secondary N) is 1. The molecule has 0 atom stereocenters. The van der Waals surface area contributed by atoms with Gasteiger partial charge in [-0.15, -0.1) is 0 Å². The third-order valence-electron chi connectivity index (χ3n) is 4.34. The minimum atomic E-state index is -0.667. The lowest BCUT2D eigenvalue weighted by molar-refractivity contribution is -0.394. The van der Waals surface area contributed by atoms with Crippen molar-refractivity contribution in [2.45, 2.75) is 6.54 Å². The zero-order chi connectivity index (χ0) is 21.8. The molecule has 2 aromatic carbocycles. The van der Waals surface area contributed by atoms with E-state index in [9.17, 15) is 14.9 Å². The Bertz CT molecular complexity index is 1170. The molecule has 158 valence electrons. The Labute approximate surface area is 175 Å². The van der Waals surface area contributed by atoms with Gasteiger partial charge in [0.25, 0.3) is 5.91 Å². The first kappa shape index (κ1) is 19.8. The first-order valence-electron chi connectivity index (χ1n) is 8.97. The van der Waals surface area contributed by atoms with E-state index in [-0.39, 0.29) is 13.3 Å². The number of rotatable bonds is 7. The smallest absolute Gasteiger partial charge is 0.490 e. The average Bonchev–Trinajstić information content (AvgIpc) is 3.43. The van der Waals surface area contributed by atoms with Crippen LogP contribution in [-0.2, 0) is 6.54 Å². The summed E-state index contributed by atoms with van der Waals surface area (Å²) in [5.41, 5.74) is 4.21. The highest BCUT2D eigenvalue weighted by Crippen LogP contribution is 2.32. The molecule has 1 aliphatic heterocycles. The molecule has 1 aliphatic rings. The average molecular weight is 424 g/mol. The Hall–Kier alpha value is -4.48. The predicted octanol–water partition coefficient (Wildman–Crippen LogP) is 1.74. The maximum absolute atomic E-state index is 12.3. The summed E-state index contributed by atoms with van der Waals surface area (Å²) in [6.07, 6.45) is 2.74. The van der Waals surface area contributed by atoms with Gasteiger partial charge in [0.15, 0.2) is 11.5 Å². The standard InChI is InChI=1S/C19H16N6O6/c1-29-15-4-2-12(6-14(15)9-24-10-20-19(23-24)25(27)28)8-21-22-18(26)13-3-5-16-17(7-13)31-11-30-16/h2-8,10H,9,11H2,1H3,(H,22,26)/b21-8+. The fraction of sp³-hybridized carbons (Fsp3) is 0.158. The second-order valence-electron chi connectivity index (χ2n) is 6.34. The van der Waals surface area contributed by atoms with Crippen LogP contribution in [0.25, 0.3) is 0 Å². The third-order valence-corrected chi connectivity index (χ3v) is 4.34. The van der Waals surface area contributed by atoms with Crippen molar-refractivity contribution in [1.29, 1.82) is 0 Å². The maximum Gasteiger partial charge on any atom is 0.490 e. The van der Waals surface area contributed by atoms with E-state index >= 15 is 0 Å². The molecule has 0 radical (unpaired) electrons. The van der Waals surface area contributed by atoms with Crippen molar-refractivity contribution in [2.75, 3.05) is 13.9 Å². The van der Waals surface area contributed by atoms with Gasteiger partial charge in [-0.1, -0.05) is 4.98 Å². The van der Waals surface area contributed by atoms with E-state index in [1.807, 2.05) is 0 Å². The number of methoxy groups -OCH3 is 1. The number of amides is 1. The summed E-state index contributed by atoms with van der Waals surface area (Å²) in [4.78, 5) is 26.0. The van der Waals surface area contributed by atoms with Crippen LogP contribution in [0.1, 0.15) is 21.5 Å². The first-order valence-corrected chi connectivity index (χ1v) is 8.97. The molecule has 3 aromatic rings. The number of hydrogen-bond acceptors (Lipinski definition) is 9. The van der Waals surface area contributed by atoms with Gasteiger partial charge in [-0.25, -0.2) is 5.43 Å². The molecule has 0 aliphatic carbocycles. The van der Waals surface area contributed by atoms with Gasteiger partial charge in [0.2, 0.25) is 13.1 Å². The summed E-state index contributed by atoms with van der Waals surface area (Å²) < 4.78 is 17.1. The normalized spacial score (nSPS) is 12.2. The van der Waals surface area contributed by atoms with E-state index < -0.39 is 16.8 Å². The van der Waals surface area contributed by atoms with E-state index in [2.05, 4.69) is 20.6 Å². The molecule has 31 heavy (non-hydrogen) atoms. The summed E-state index contributed by atoms with van der Waals surface area (Å²) >= 11 is 0. The van der Waals surface area contributed by atoms with Crippen LogP contribution in [0, 0.1) is 10.1 Å². The SMILES string of the molecule is COc1ccc(/C=N/NC(=O)c2ccc3c(c2)OCO3)cc1Cn1cnc([N+](=O)[O-])n1. The van der Waals surface area contributed by atoms with Gasteiger partial charge < -0.3 is 24.3 Å². The number of hydrogen-bond donors (Lipinski definition) is 1. The summed E-state index contributed by atoms with van der Waals surface area (Å²) in [5.74, 6) is 0.772. The molecule has 2 heterocycles. The van der Waals surface area contributed by atoms with Crippen molar-refractivity contribution >= 4 is 18.1 Å². The monoisotopic (exact) mass is 424 g/mol. The number of hydrazone groups is 1. The molecule has 0 spiro atoms. The van der Waals surface area contributed by atoms with E-state index in [1.54, 1.807) is 36.4 Å². The number of carbonyl (C=O) groups excluding carboxylic acids is 1. The summed E-state index contributed by atoms with van der Waals surface area (Å²) in [7, 11) is 1.52. The van der Waals surface area contributed by atoms with Crippen molar-refractivity contribution in [1.82, 2.24) is 20.2 Å². The van der Waals surface area contributed by atoms with Crippen molar-refractivity contribution in [3.8, 4) is 17.2 Å². The molecule has 12 heteroatoms. The van der Waals surface area contributed by atoms with Crippen LogP contribution in [0.15, 0.2) is 47.8 Å². The minimum Gasteiger partial charge on any atom is -0.496 e. The summed E-state index contributed by atoms with van der Waals surface area (Å²) in [6.45, 7) is 0.329. The molecule has 1 aromatic heterocycles. The first-order chi connectivity index (χ1) is 15.0. The molecule has 0 bridgehead atoms. The predicted molar refractivity (Wildman–Crippen MR) is 106 cm³/mol. The minimum absolute atomic E-state index is 0.125. The highest BCUT2D eigenvalue weighted by atomic mass is 16.7. The van der Waals surface area contributed by atoms with E-state index in [0.29, 0.717) is 33.9 Å². The molecular weight excluding hydrogens is 408 g/mol. The van der Waals surface area contributed by atoms with Gasteiger partial charge in [-0.05, 0) is 46.9 Å². The number of ether oxygens (including phenoxy) is 3. The Morgan fingerprint density at radius 2 is 2.16 bits per heavy atom. The van der Waals surface area contributed by atoms with Crippen LogP contribution >= 0.6 is 0 Å². The Balaban J connectivity index is 1.45. The lowest BCUT2D eigenvalue weighted by Gasteiger charge is -2.08. The van der Waals surface area contributed by atoms with Crippen LogP contribution in [0.3, 0.4) is 0 Å². The number of benzene rings is 2. The van der Waals surface area contributed by atoms with Crippen LogP contribution in [0.4, 0.5) is 5.95 Å². The number of carbonyl (C=O) groups is 1. The lowest BCUT2D eigenvalue weighted by atomic mass is 10.1.